The van der Waals surface area contributed by atoms with E-state index in [1.54, 1.807) is 17.0 Å². The summed E-state index contributed by atoms with van der Waals surface area (Å²) in [6.07, 6.45) is 2.07. The Morgan fingerprint density at radius 2 is 1.77 bits per heavy atom. The number of sulfonamides is 1. The number of halogens is 1. The monoisotopic (exact) mass is 443 g/mol. The number of hydrogen-bond acceptors (Lipinski definition) is 4. The van der Waals surface area contributed by atoms with Crippen molar-refractivity contribution in [2.24, 2.45) is 5.92 Å². The fourth-order valence-electron chi connectivity index (χ4n) is 2.93. The smallest absolute Gasteiger partial charge is 0.240 e. The largest absolute Gasteiger partial charge is 0.339 e. The average molecular weight is 444 g/mol. The SMILES string of the molecule is O=C(CCNS(=O)(=O)c1cccc(Br)c1)N1CCN(C(=O)C2CC2)CC1. The number of benzene rings is 1. The van der Waals surface area contributed by atoms with E-state index in [4.69, 9.17) is 0 Å². The fourth-order valence-corrected chi connectivity index (χ4v) is 4.56. The van der Waals surface area contributed by atoms with Gasteiger partial charge >= 0.3 is 0 Å². The van der Waals surface area contributed by atoms with Crippen LogP contribution in [0.25, 0.3) is 0 Å². The molecule has 1 aromatic carbocycles. The maximum Gasteiger partial charge on any atom is 0.240 e. The van der Waals surface area contributed by atoms with Crippen LogP contribution in [0.4, 0.5) is 0 Å². The lowest BCUT2D eigenvalue weighted by molar-refractivity contribution is -0.140. The van der Waals surface area contributed by atoms with E-state index < -0.39 is 10.0 Å². The molecule has 0 atom stereocenters. The van der Waals surface area contributed by atoms with Gasteiger partial charge in [0.05, 0.1) is 4.90 Å². The second-order valence-corrected chi connectivity index (χ2v) is 9.27. The maximum absolute atomic E-state index is 12.3. The molecule has 7 nitrogen and oxygen atoms in total. The number of nitrogens with one attached hydrogen (secondary N) is 1. The summed E-state index contributed by atoms with van der Waals surface area (Å²) in [4.78, 5) is 28.0. The highest BCUT2D eigenvalue weighted by Gasteiger charge is 2.35. The highest BCUT2D eigenvalue weighted by Crippen LogP contribution is 2.31. The first-order valence-electron chi connectivity index (χ1n) is 8.68. The third kappa shape index (κ3) is 4.83. The standard InChI is InChI=1S/C17H22BrN3O4S/c18-14-2-1-3-15(12-14)26(24,25)19-7-6-16(22)20-8-10-21(11-9-20)17(23)13-4-5-13/h1-3,12-13,19H,4-11H2. The van der Waals surface area contributed by atoms with Gasteiger partial charge in [0.1, 0.15) is 0 Å². The normalized spacial score (nSPS) is 18.0. The molecule has 1 aromatic rings. The van der Waals surface area contributed by atoms with Gasteiger partial charge in [-0.3, -0.25) is 9.59 Å². The van der Waals surface area contributed by atoms with Gasteiger partial charge < -0.3 is 9.80 Å². The van der Waals surface area contributed by atoms with Gasteiger partial charge in [-0.25, -0.2) is 13.1 Å². The molecule has 0 aromatic heterocycles. The van der Waals surface area contributed by atoms with Crippen molar-refractivity contribution in [2.45, 2.75) is 24.2 Å². The summed E-state index contributed by atoms with van der Waals surface area (Å²) in [5, 5.41) is 0. The Morgan fingerprint density at radius 3 is 2.38 bits per heavy atom. The number of nitrogens with zero attached hydrogens (tertiary/aromatic N) is 2. The van der Waals surface area contributed by atoms with Gasteiger partial charge in [0, 0.05) is 49.5 Å². The second-order valence-electron chi connectivity index (χ2n) is 6.59. The molecule has 2 amide bonds. The molecule has 26 heavy (non-hydrogen) atoms. The van der Waals surface area contributed by atoms with Crippen LogP contribution in [0.2, 0.25) is 0 Å². The van der Waals surface area contributed by atoms with Gasteiger partial charge in [-0.1, -0.05) is 22.0 Å². The van der Waals surface area contributed by atoms with Crippen molar-refractivity contribution in [3.05, 3.63) is 28.7 Å². The van der Waals surface area contributed by atoms with E-state index in [0.29, 0.717) is 30.7 Å². The number of carbonyl (C=O) groups excluding carboxylic acids is 2. The summed E-state index contributed by atoms with van der Waals surface area (Å²) in [7, 11) is -3.64. The van der Waals surface area contributed by atoms with Gasteiger partial charge in [-0.15, -0.1) is 0 Å². The summed E-state index contributed by atoms with van der Waals surface area (Å²) < 4.78 is 27.6. The van der Waals surface area contributed by atoms with Crippen molar-refractivity contribution in [1.82, 2.24) is 14.5 Å². The summed E-state index contributed by atoms with van der Waals surface area (Å²) in [6.45, 7) is 2.19. The topological polar surface area (TPSA) is 86.8 Å². The van der Waals surface area contributed by atoms with Crippen LogP contribution in [0.1, 0.15) is 19.3 Å². The summed E-state index contributed by atoms with van der Waals surface area (Å²) in [5.41, 5.74) is 0. The van der Waals surface area contributed by atoms with Crippen molar-refractivity contribution < 1.29 is 18.0 Å². The zero-order valence-electron chi connectivity index (χ0n) is 14.4. The Morgan fingerprint density at radius 1 is 1.12 bits per heavy atom. The maximum atomic E-state index is 12.3. The van der Waals surface area contributed by atoms with E-state index in [9.17, 15) is 18.0 Å². The van der Waals surface area contributed by atoms with Gasteiger partial charge in [-0.2, -0.15) is 0 Å². The van der Waals surface area contributed by atoms with Gasteiger partial charge in [-0.05, 0) is 31.0 Å². The number of rotatable bonds is 6. The molecule has 0 spiro atoms. The Labute approximate surface area is 161 Å². The quantitative estimate of drug-likeness (QED) is 0.715. The predicted octanol–water partition coefficient (Wildman–Crippen LogP) is 1.20. The van der Waals surface area contributed by atoms with Gasteiger partial charge in [0.15, 0.2) is 0 Å². The van der Waals surface area contributed by atoms with Crippen LogP contribution in [0.15, 0.2) is 33.6 Å². The second kappa shape index (κ2) is 8.06. The third-order valence-corrected chi connectivity index (χ3v) is 6.56. The molecule has 1 heterocycles. The molecule has 1 aliphatic carbocycles. The van der Waals surface area contributed by atoms with Crippen molar-refractivity contribution in [2.75, 3.05) is 32.7 Å². The fraction of sp³-hybridized carbons (Fsp3) is 0.529. The van der Waals surface area contributed by atoms with E-state index in [0.717, 1.165) is 12.8 Å². The van der Waals surface area contributed by atoms with E-state index in [2.05, 4.69) is 20.7 Å². The molecule has 0 radical (unpaired) electrons. The molecular weight excluding hydrogens is 422 g/mol. The zero-order valence-corrected chi connectivity index (χ0v) is 16.8. The lowest BCUT2D eigenvalue weighted by Gasteiger charge is -2.35. The molecule has 2 fully saturated rings. The van der Waals surface area contributed by atoms with Crippen molar-refractivity contribution in [1.29, 1.82) is 0 Å². The molecule has 9 heteroatoms. The van der Waals surface area contributed by atoms with Crippen LogP contribution in [0.3, 0.4) is 0 Å². The molecule has 1 aliphatic heterocycles. The molecule has 0 unspecified atom stereocenters. The van der Waals surface area contributed by atoms with Crippen molar-refractivity contribution in [3.8, 4) is 0 Å². The molecule has 1 saturated heterocycles. The first-order chi connectivity index (χ1) is 12.4. The van der Waals surface area contributed by atoms with Gasteiger partial charge in [0.2, 0.25) is 21.8 Å². The first-order valence-corrected chi connectivity index (χ1v) is 11.0. The minimum atomic E-state index is -3.64. The van der Waals surface area contributed by atoms with E-state index in [1.165, 1.54) is 12.1 Å². The van der Waals surface area contributed by atoms with Crippen LogP contribution in [-0.4, -0.2) is 62.8 Å². The Hall–Kier alpha value is -1.45. The Bertz CT molecular complexity index is 787. The van der Waals surface area contributed by atoms with Crippen LogP contribution < -0.4 is 4.72 Å². The van der Waals surface area contributed by atoms with Crippen LogP contribution >= 0.6 is 15.9 Å². The lowest BCUT2D eigenvalue weighted by Crippen LogP contribution is -2.51. The molecular formula is C17H22BrN3O4S. The van der Waals surface area contributed by atoms with E-state index >= 15 is 0 Å². The van der Waals surface area contributed by atoms with Crippen LogP contribution in [-0.2, 0) is 19.6 Å². The summed E-state index contributed by atoms with van der Waals surface area (Å²) in [6, 6.07) is 6.41. The minimum absolute atomic E-state index is 0.0505. The van der Waals surface area contributed by atoms with Crippen LogP contribution in [0, 0.1) is 5.92 Å². The van der Waals surface area contributed by atoms with Crippen molar-refractivity contribution >= 4 is 37.8 Å². The molecule has 0 bridgehead atoms. The molecule has 2 aliphatic rings. The highest BCUT2D eigenvalue weighted by molar-refractivity contribution is 9.10. The number of piperazine rings is 1. The zero-order chi connectivity index (χ0) is 18.7. The molecule has 1 saturated carbocycles. The van der Waals surface area contributed by atoms with Gasteiger partial charge in [0.25, 0.3) is 0 Å². The van der Waals surface area contributed by atoms with E-state index in [-0.39, 0.29) is 35.6 Å². The Kier molecular flexibility index (Phi) is 5.99. The average Bonchev–Trinajstić information content (AvgIpc) is 3.46. The van der Waals surface area contributed by atoms with E-state index in [1.807, 2.05) is 4.90 Å². The number of hydrogen-bond donors (Lipinski definition) is 1. The number of amides is 2. The number of carbonyl (C=O) groups is 2. The third-order valence-electron chi connectivity index (χ3n) is 4.61. The molecule has 3 rings (SSSR count). The Balaban J connectivity index is 1.43. The first kappa shape index (κ1) is 19.3. The molecule has 1 N–H and O–H groups in total. The predicted molar refractivity (Wildman–Crippen MR) is 99.8 cm³/mol. The van der Waals surface area contributed by atoms with Crippen LogP contribution in [0.5, 0.6) is 0 Å². The summed E-state index contributed by atoms with van der Waals surface area (Å²) >= 11 is 3.24. The highest BCUT2D eigenvalue weighted by atomic mass is 79.9. The lowest BCUT2D eigenvalue weighted by atomic mass is 10.2. The summed E-state index contributed by atoms with van der Waals surface area (Å²) in [5.74, 6) is 0.309. The minimum Gasteiger partial charge on any atom is -0.339 e. The van der Waals surface area contributed by atoms with Crippen molar-refractivity contribution in [3.63, 3.8) is 0 Å². The molecule has 142 valence electrons.